The summed E-state index contributed by atoms with van der Waals surface area (Å²) < 4.78 is 36.3. The minimum atomic E-state index is -0.633. The number of piperidine rings is 1. The Labute approximate surface area is 241 Å². The van der Waals surface area contributed by atoms with Gasteiger partial charge >= 0.3 is 0 Å². The average Bonchev–Trinajstić information content (AvgIpc) is 2.90. The normalized spacial score (nSPS) is 18.0. The van der Waals surface area contributed by atoms with Crippen LogP contribution in [0.4, 0.5) is 14.5 Å². The van der Waals surface area contributed by atoms with Gasteiger partial charge in [0.15, 0.2) is 17.4 Å². The summed E-state index contributed by atoms with van der Waals surface area (Å²) in [5.41, 5.74) is 1.68. The van der Waals surface area contributed by atoms with Crippen LogP contribution in [0.1, 0.15) is 71.5 Å². The Bertz CT molecular complexity index is 1380. The van der Waals surface area contributed by atoms with Gasteiger partial charge in [0.2, 0.25) is 0 Å². The third kappa shape index (κ3) is 6.67. The van der Waals surface area contributed by atoms with Crippen molar-refractivity contribution in [3.63, 3.8) is 0 Å². The molecule has 5 rings (SSSR count). The Morgan fingerprint density at radius 3 is 2.44 bits per heavy atom. The maximum absolute atomic E-state index is 15.3. The highest BCUT2D eigenvalue weighted by Gasteiger charge is 2.35. The summed E-state index contributed by atoms with van der Waals surface area (Å²) >= 11 is 0. The zero-order valence-electron chi connectivity index (χ0n) is 24.9. The summed E-state index contributed by atoms with van der Waals surface area (Å²) in [6.07, 6.45) is 5.29. The third-order valence-corrected chi connectivity index (χ3v) is 8.17. The molecule has 7 nitrogen and oxygen atoms in total. The van der Waals surface area contributed by atoms with Gasteiger partial charge in [0.05, 0.1) is 30.5 Å². The molecule has 4 heterocycles. The molecule has 1 N–H and O–H groups in total. The van der Waals surface area contributed by atoms with E-state index >= 15 is 4.39 Å². The fraction of sp³-hybridized carbons (Fsp3) is 0.531. The number of benzene rings is 1. The SMILES string of the molecule is CC(C)N1CC(C)(C)Oc2c(F)cc(-c3nc(Cc4ccc(CN5CCC(C(C)(C)O)CC5)cn4)ncc3F)cc21. The van der Waals surface area contributed by atoms with Crippen LogP contribution in [0.15, 0.2) is 36.7 Å². The van der Waals surface area contributed by atoms with Crippen LogP contribution in [0.2, 0.25) is 0 Å². The molecule has 3 aromatic rings. The van der Waals surface area contributed by atoms with Crippen LogP contribution in [0, 0.1) is 17.6 Å². The molecule has 9 heteroatoms. The van der Waals surface area contributed by atoms with Gasteiger partial charge in [-0.1, -0.05) is 6.07 Å². The van der Waals surface area contributed by atoms with Crippen LogP contribution in [-0.2, 0) is 13.0 Å². The second kappa shape index (κ2) is 11.2. The second-order valence-electron chi connectivity index (χ2n) is 12.9. The van der Waals surface area contributed by atoms with Crippen LogP contribution < -0.4 is 9.64 Å². The molecule has 1 fully saturated rings. The smallest absolute Gasteiger partial charge is 0.179 e. The number of ether oxygens (including phenoxy) is 1. The Hall–Kier alpha value is -3.17. The molecule has 0 amide bonds. The van der Waals surface area contributed by atoms with Gasteiger partial charge in [-0.3, -0.25) is 9.88 Å². The molecule has 220 valence electrons. The minimum Gasteiger partial charge on any atom is -0.481 e. The molecule has 1 saturated heterocycles. The van der Waals surface area contributed by atoms with Crippen molar-refractivity contribution < 1.29 is 18.6 Å². The summed E-state index contributed by atoms with van der Waals surface area (Å²) in [5, 5.41) is 10.3. The van der Waals surface area contributed by atoms with Crippen LogP contribution >= 0.6 is 0 Å². The number of hydrogen-bond donors (Lipinski definition) is 1. The number of halogens is 2. The summed E-state index contributed by atoms with van der Waals surface area (Å²) in [6.45, 7) is 15.0. The predicted molar refractivity (Wildman–Crippen MR) is 156 cm³/mol. The molecule has 1 aromatic carbocycles. The Kier molecular flexibility index (Phi) is 8.05. The van der Waals surface area contributed by atoms with Gasteiger partial charge in [-0.25, -0.2) is 18.7 Å². The molecule has 0 aliphatic carbocycles. The van der Waals surface area contributed by atoms with Crippen molar-refractivity contribution in [1.82, 2.24) is 19.9 Å². The van der Waals surface area contributed by atoms with Gasteiger partial charge in [0.1, 0.15) is 17.1 Å². The largest absolute Gasteiger partial charge is 0.481 e. The van der Waals surface area contributed by atoms with E-state index in [1.54, 1.807) is 6.07 Å². The molecule has 0 unspecified atom stereocenters. The molecule has 2 aliphatic rings. The number of aliphatic hydroxyl groups is 1. The van der Waals surface area contributed by atoms with Gasteiger partial charge in [-0.05, 0) is 97.2 Å². The fourth-order valence-electron chi connectivity index (χ4n) is 5.86. The Morgan fingerprint density at radius 2 is 1.80 bits per heavy atom. The van der Waals surface area contributed by atoms with E-state index < -0.39 is 22.8 Å². The summed E-state index contributed by atoms with van der Waals surface area (Å²) in [6, 6.07) is 7.14. The monoisotopic (exact) mass is 565 g/mol. The maximum Gasteiger partial charge on any atom is 0.179 e. The van der Waals surface area contributed by atoms with Crippen LogP contribution in [0.25, 0.3) is 11.3 Å². The van der Waals surface area contributed by atoms with Gasteiger partial charge < -0.3 is 14.7 Å². The Balaban J connectivity index is 1.31. The lowest BCUT2D eigenvalue weighted by Gasteiger charge is -2.43. The van der Waals surface area contributed by atoms with E-state index in [0.29, 0.717) is 36.0 Å². The fourth-order valence-corrected chi connectivity index (χ4v) is 5.86. The number of likely N-dealkylation sites (tertiary alicyclic amines) is 1. The maximum atomic E-state index is 15.3. The highest BCUT2D eigenvalue weighted by Crippen LogP contribution is 2.43. The van der Waals surface area contributed by atoms with Gasteiger partial charge in [-0.15, -0.1) is 0 Å². The van der Waals surface area contributed by atoms with Crippen molar-refractivity contribution >= 4 is 5.69 Å². The standard InChI is InChI=1S/C32H41F2N5O2/c1-20(2)39-19-31(3,4)41-30-25(33)13-22(14-27(30)39)29-26(34)17-36-28(37-29)15-24-8-7-21(16-35-24)18-38-11-9-23(10-12-38)32(5,6)40/h7-8,13-14,16-17,20,23,40H,9-12,15,18-19H2,1-6H3. The van der Waals surface area contributed by atoms with Crippen LogP contribution in [0.5, 0.6) is 5.75 Å². The Morgan fingerprint density at radius 1 is 1.07 bits per heavy atom. The molecule has 41 heavy (non-hydrogen) atoms. The zero-order chi connectivity index (χ0) is 29.5. The van der Waals surface area contributed by atoms with E-state index in [1.165, 1.54) is 6.07 Å². The van der Waals surface area contributed by atoms with E-state index in [2.05, 4.69) is 30.8 Å². The molecular formula is C32H41F2N5O2. The lowest BCUT2D eigenvalue weighted by atomic mass is 9.83. The number of anilines is 1. The quantitative estimate of drug-likeness (QED) is 0.390. The highest BCUT2D eigenvalue weighted by molar-refractivity contribution is 5.72. The average molecular weight is 566 g/mol. The topological polar surface area (TPSA) is 74.6 Å². The molecule has 0 atom stereocenters. The molecule has 2 aromatic heterocycles. The number of rotatable bonds is 7. The van der Waals surface area contributed by atoms with Crippen molar-refractivity contribution in [2.24, 2.45) is 5.92 Å². The molecule has 0 radical (unpaired) electrons. The van der Waals surface area contributed by atoms with Crippen molar-refractivity contribution in [3.05, 3.63) is 65.4 Å². The highest BCUT2D eigenvalue weighted by atomic mass is 19.1. The first-order valence-corrected chi connectivity index (χ1v) is 14.5. The molecule has 0 saturated carbocycles. The minimum absolute atomic E-state index is 0.0521. The first kappa shape index (κ1) is 29.3. The third-order valence-electron chi connectivity index (χ3n) is 8.17. The van der Waals surface area contributed by atoms with Crippen molar-refractivity contribution in [1.29, 1.82) is 0 Å². The van der Waals surface area contributed by atoms with Gasteiger partial charge in [0.25, 0.3) is 0 Å². The lowest BCUT2D eigenvalue weighted by molar-refractivity contribution is -0.0136. The summed E-state index contributed by atoms with van der Waals surface area (Å²) in [5.74, 6) is -0.243. The van der Waals surface area contributed by atoms with Crippen molar-refractivity contribution in [2.75, 3.05) is 24.5 Å². The summed E-state index contributed by atoms with van der Waals surface area (Å²) in [7, 11) is 0. The number of aromatic nitrogens is 3. The number of fused-ring (bicyclic) bond motifs is 1. The van der Waals surface area contributed by atoms with E-state index in [1.807, 2.05) is 53.8 Å². The first-order chi connectivity index (χ1) is 19.3. The molecule has 0 spiro atoms. The van der Waals surface area contributed by atoms with Crippen LogP contribution in [-0.4, -0.2) is 61.8 Å². The lowest BCUT2D eigenvalue weighted by Crippen LogP contribution is -2.49. The van der Waals surface area contributed by atoms with E-state index in [-0.39, 0.29) is 17.5 Å². The van der Waals surface area contributed by atoms with Gasteiger partial charge in [-0.2, -0.15) is 0 Å². The van der Waals surface area contributed by atoms with E-state index in [0.717, 1.165) is 49.9 Å². The second-order valence-corrected chi connectivity index (χ2v) is 12.9. The number of hydrogen-bond acceptors (Lipinski definition) is 7. The number of pyridine rings is 1. The van der Waals surface area contributed by atoms with E-state index in [4.69, 9.17) is 4.74 Å². The van der Waals surface area contributed by atoms with E-state index in [9.17, 15) is 9.50 Å². The van der Waals surface area contributed by atoms with Crippen molar-refractivity contribution in [3.8, 4) is 17.0 Å². The predicted octanol–water partition coefficient (Wildman–Crippen LogP) is 5.78. The first-order valence-electron chi connectivity index (χ1n) is 14.5. The van der Waals surface area contributed by atoms with Gasteiger partial charge in [0, 0.05) is 30.0 Å². The van der Waals surface area contributed by atoms with Crippen molar-refractivity contribution in [2.45, 2.75) is 84.6 Å². The summed E-state index contributed by atoms with van der Waals surface area (Å²) in [4.78, 5) is 17.8. The molecular weight excluding hydrogens is 524 g/mol. The van der Waals surface area contributed by atoms with Crippen LogP contribution in [0.3, 0.4) is 0 Å². The molecule has 0 bridgehead atoms. The molecule has 2 aliphatic heterocycles. The zero-order valence-corrected chi connectivity index (χ0v) is 24.9. The number of nitrogens with zero attached hydrogens (tertiary/aromatic N) is 5.